The SMILES string of the molecule is O=C(/C(=N\N=C/Cl)c1ccccc1)c1ccccc1. The highest BCUT2D eigenvalue weighted by atomic mass is 35.5. The van der Waals surface area contributed by atoms with E-state index in [2.05, 4.69) is 10.2 Å². The van der Waals surface area contributed by atoms with Gasteiger partial charge in [-0.05, 0) is 0 Å². The summed E-state index contributed by atoms with van der Waals surface area (Å²) in [5.74, 6) is -0.186. The van der Waals surface area contributed by atoms with Gasteiger partial charge in [0.05, 0.1) is 0 Å². The van der Waals surface area contributed by atoms with Crippen LogP contribution in [0.1, 0.15) is 15.9 Å². The van der Waals surface area contributed by atoms with E-state index in [9.17, 15) is 4.79 Å². The van der Waals surface area contributed by atoms with E-state index in [0.717, 1.165) is 5.67 Å². The Morgan fingerprint density at radius 1 is 0.895 bits per heavy atom. The Balaban J connectivity index is 2.43. The molecule has 0 aliphatic heterocycles. The Bertz CT molecular complexity index is 607. The molecule has 0 amide bonds. The Hall–Kier alpha value is -2.26. The van der Waals surface area contributed by atoms with Crippen molar-refractivity contribution in [1.82, 2.24) is 0 Å². The summed E-state index contributed by atoms with van der Waals surface area (Å²) in [6.07, 6.45) is 0. The van der Waals surface area contributed by atoms with E-state index < -0.39 is 0 Å². The highest BCUT2D eigenvalue weighted by Gasteiger charge is 2.15. The molecule has 2 aromatic rings. The van der Waals surface area contributed by atoms with Crippen molar-refractivity contribution < 1.29 is 4.79 Å². The summed E-state index contributed by atoms with van der Waals surface area (Å²) >= 11 is 5.37. The van der Waals surface area contributed by atoms with Crippen molar-refractivity contribution in [3.05, 3.63) is 71.8 Å². The van der Waals surface area contributed by atoms with E-state index in [1.54, 1.807) is 24.3 Å². The summed E-state index contributed by atoms with van der Waals surface area (Å²) in [5.41, 5.74) is 2.57. The maximum absolute atomic E-state index is 12.4. The third-order valence-electron chi connectivity index (χ3n) is 2.50. The van der Waals surface area contributed by atoms with Gasteiger partial charge in [0.2, 0.25) is 5.78 Å². The van der Waals surface area contributed by atoms with Crippen LogP contribution in [0.4, 0.5) is 0 Å². The Morgan fingerprint density at radius 2 is 1.42 bits per heavy atom. The normalized spacial score (nSPS) is 11.7. The largest absolute Gasteiger partial charge is 0.287 e. The Kier molecular flexibility index (Phi) is 4.59. The van der Waals surface area contributed by atoms with E-state index >= 15 is 0 Å². The fraction of sp³-hybridized carbons (Fsp3) is 0. The zero-order chi connectivity index (χ0) is 13.5. The molecule has 0 unspecified atom stereocenters. The number of Topliss-reactive ketones (excluding diaryl/α,β-unsaturated/α-hetero) is 1. The second kappa shape index (κ2) is 6.61. The summed E-state index contributed by atoms with van der Waals surface area (Å²) < 4.78 is 0. The number of hydrogen-bond acceptors (Lipinski definition) is 3. The fourth-order valence-electron chi connectivity index (χ4n) is 1.64. The lowest BCUT2D eigenvalue weighted by Crippen LogP contribution is -2.15. The molecular weight excluding hydrogens is 260 g/mol. The van der Waals surface area contributed by atoms with Crippen molar-refractivity contribution in [2.24, 2.45) is 10.2 Å². The Labute approximate surface area is 116 Å². The van der Waals surface area contributed by atoms with Crippen LogP contribution >= 0.6 is 11.6 Å². The van der Waals surface area contributed by atoms with Crippen LogP contribution in [-0.2, 0) is 0 Å². The second-order valence-electron chi connectivity index (χ2n) is 3.72. The molecule has 2 aromatic carbocycles. The predicted molar refractivity (Wildman–Crippen MR) is 78.1 cm³/mol. The van der Waals surface area contributed by atoms with E-state index in [1.165, 1.54) is 0 Å². The molecule has 0 bridgehead atoms. The summed E-state index contributed by atoms with van der Waals surface area (Å²) in [7, 11) is 0. The summed E-state index contributed by atoms with van der Waals surface area (Å²) in [6.45, 7) is 0. The number of carbonyl (C=O) groups is 1. The van der Waals surface area contributed by atoms with Crippen molar-refractivity contribution in [2.45, 2.75) is 0 Å². The first-order valence-corrected chi connectivity index (χ1v) is 6.11. The van der Waals surface area contributed by atoms with Gasteiger partial charge in [0.25, 0.3) is 0 Å². The molecule has 0 heterocycles. The average molecular weight is 271 g/mol. The lowest BCUT2D eigenvalue weighted by atomic mass is 10.0. The third-order valence-corrected chi connectivity index (χ3v) is 2.59. The number of rotatable bonds is 4. The number of hydrogen-bond donors (Lipinski definition) is 0. The van der Waals surface area contributed by atoms with Gasteiger partial charge < -0.3 is 0 Å². The number of benzene rings is 2. The maximum atomic E-state index is 12.4. The molecule has 3 nitrogen and oxygen atoms in total. The predicted octanol–water partition coefficient (Wildman–Crippen LogP) is 3.54. The molecule has 94 valence electrons. The first kappa shape index (κ1) is 13.2. The van der Waals surface area contributed by atoms with E-state index in [4.69, 9.17) is 11.6 Å². The fourth-order valence-corrected chi connectivity index (χ4v) is 1.68. The molecule has 0 atom stereocenters. The van der Waals surface area contributed by atoms with E-state index in [-0.39, 0.29) is 11.5 Å². The van der Waals surface area contributed by atoms with E-state index in [0.29, 0.717) is 11.1 Å². The monoisotopic (exact) mass is 270 g/mol. The van der Waals surface area contributed by atoms with Crippen molar-refractivity contribution in [1.29, 1.82) is 0 Å². The molecule has 0 aliphatic rings. The standard InChI is InChI=1S/C15H11ClN2O/c16-11-17-18-14(12-7-3-1-4-8-12)15(19)13-9-5-2-6-10-13/h1-11H/b17-11-,18-14-. The smallest absolute Gasteiger partial charge is 0.213 e. The molecule has 4 heteroatoms. The first-order chi connectivity index (χ1) is 9.33. The molecule has 0 saturated heterocycles. The molecule has 0 aliphatic carbocycles. The van der Waals surface area contributed by atoms with Crippen LogP contribution in [0.15, 0.2) is 70.9 Å². The average Bonchev–Trinajstić information content (AvgIpc) is 2.49. The summed E-state index contributed by atoms with van der Waals surface area (Å²) in [4.78, 5) is 12.4. The summed E-state index contributed by atoms with van der Waals surface area (Å²) in [6, 6.07) is 18.1. The van der Waals surface area contributed by atoms with Gasteiger partial charge in [0, 0.05) is 11.1 Å². The van der Waals surface area contributed by atoms with Gasteiger partial charge >= 0.3 is 0 Å². The first-order valence-electron chi connectivity index (χ1n) is 5.68. The quantitative estimate of drug-likeness (QED) is 0.476. The van der Waals surface area contributed by atoms with Crippen LogP contribution in [-0.4, -0.2) is 17.2 Å². The van der Waals surface area contributed by atoms with Gasteiger partial charge in [-0.2, -0.15) is 0 Å². The minimum absolute atomic E-state index is 0.186. The molecule has 0 aromatic heterocycles. The van der Waals surface area contributed by atoms with Gasteiger partial charge in [-0.1, -0.05) is 72.3 Å². The van der Waals surface area contributed by atoms with Crippen LogP contribution in [0.25, 0.3) is 0 Å². The molecular formula is C15H11ClN2O. The van der Waals surface area contributed by atoms with Crippen molar-refractivity contribution in [3.63, 3.8) is 0 Å². The third kappa shape index (κ3) is 3.36. The number of ketones is 1. The van der Waals surface area contributed by atoms with Crippen molar-refractivity contribution >= 4 is 28.8 Å². The lowest BCUT2D eigenvalue weighted by Gasteiger charge is -2.04. The van der Waals surface area contributed by atoms with Gasteiger partial charge in [0.15, 0.2) is 0 Å². The van der Waals surface area contributed by atoms with Crippen molar-refractivity contribution in [3.8, 4) is 0 Å². The van der Waals surface area contributed by atoms with Crippen LogP contribution < -0.4 is 0 Å². The highest BCUT2D eigenvalue weighted by Crippen LogP contribution is 2.09. The second-order valence-corrected chi connectivity index (χ2v) is 3.92. The zero-order valence-corrected chi connectivity index (χ0v) is 10.8. The van der Waals surface area contributed by atoms with Crippen molar-refractivity contribution in [2.75, 3.05) is 0 Å². The number of carbonyl (C=O) groups excluding carboxylic acids is 1. The molecule has 0 fully saturated rings. The molecule has 0 saturated carbocycles. The van der Waals surface area contributed by atoms with E-state index in [1.807, 2.05) is 36.4 Å². The van der Waals surface area contributed by atoms with Crippen LogP contribution in [0.2, 0.25) is 0 Å². The molecule has 0 radical (unpaired) electrons. The maximum Gasteiger partial charge on any atom is 0.213 e. The molecule has 19 heavy (non-hydrogen) atoms. The Morgan fingerprint density at radius 3 is 1.95 bits per heavy atom. The minimum atomic E-state index is -0.186. The molecule has 2 rings (SSSR count). The summed E-state index contributed by atoms with van der Waals surface area (Å²) in [5, 5.41) is 7.50. The van der Waals surface area contributed by atoms with Gasteiger partial charge in [0.1, 0.15) is 11.4 Å². The lowest BCUT2D eigenvalue weighted by molar-refractivity contribution is 0.106. The topological polar surface area (TPSA) is 41.8 Å². The van der Waals surface area contributed by atoms with Gasteiger partial charge in [-0.25, -0.2) is 0 Å². The zero-order valence-electron chi connectivity index (χ0n) is 10.0. The van der Waals surface area contributed by atoms with Crippen LogP contribution in [0.5, 0.6) is 0 Å². The van der Waals surface area contributed by atoms with Gasteiger partial charge in [-0.15, -0.1) is 10.2 Å². The number of halogens is 1. The molecule has 0 N–H and O–H groups in total. The van der Waals surface area contributed by atoms with Crippen LogP contribution in [0, 0.1) is 0 Å². The highest BCUT2D eigenvalue weighted by molar-refractivity contribution is 6.56. The number of nitrogens with zero attached hydrogens (tertiary/aromatic N) is 2. The molecule has 0 spiro atoms. The minimum Gasteiger partial charge on any atom is -0.287 e. The van der Waals surface area contributed by atoms with Gasteiger partial charge in [-0.3, -0.25) is 4.79 Å². The van der Waals surface area contributed by atoms with Crippen LogP contribution in [0.3, 0.4) is 0 Å².